The van der Waals surface area contributed by atoms with Crippen molar-refractivity contribution in [2.75, 3.05) is 5.73 Å². The largest absolute Gasteiger partial charge is 0.434 e. The Kier molecular flexibility index (Phi) is 4.09. The summed E-state index contributed by atoms with van der Waals surface area (Å²) < 4.78 is 9.32. The van der Waals surface area contributed by atoms with Crippen LogP contribution in [0.1, 0.15) is 32.4 Å². The van der Waals surface area contributed by atoms with Gasteiger partial charge in [0.2, 0.25) is 5.88 Å². The molecule has 0 bridgehead atoms. The number of hydrogen-bond donors (Lipinski definition) is 1. The number of nitrogens with two attached hydrogens (primary N) is 1. The predicted molar refractivity (Wildman–Crippen MR) is 74.2 cm³/mol. The summed E-state index contributed by atoms with van der Waals surface area (Å²) in [4.78, 5) is 0. The molecule has 0 atom stereocenters. The van der Waals surface area contributed by atoms with Crippen molar-refractivity contribution >= 4 is 5.69 Å². The van der Waals surface area contributed by atoms with Gasteiger partial charge in [-0.3, -0.25) is 4.68 Å². The Morgan fingerprint density at radius 1 is 1.32 bits per heavy atom. The lowest BCUT2D eigenvalue weighted by Crippen LogP contribution is -1.97. The van der Waals surface area contributed by atoms with E-state index in [2.05, 4.69) is 24.0 Å². The van der Waals surface area contributed by atoms with E-state index in [0.29, 0.717) is 17.3 Å². The van der Waals surface area contributed by atoms with E-state index in [1.165, 1.54) is 0 Å². The summed E-state index contributed by atoms with van der Waals surface area (Å²) in [6.07, 6.45) is 6.47. The first-order chi connectivity index (χ1) is 9.15. The van der Waals surface area contributed by atoms with Crippen LogP contribution in [0.4, 0.5) is 5.69 Å². The van der Waals surface area contributed by atoms with Gasteiger partial charge in [0.05, 0.1) is 18.1 Å². The Balaban J connectivity index is 2.17. The Morgan fingerprint density at radius 2 is 2.11 bits per heavy atom. The van der Waals surface area contributed by atoms with Crippen LogP contribution in [0, 0.1) is 0 Å². The van der Waals surface area contributed by atoms with Crippen molar-refractivity contribution in [1.29, 1.82) is 0 Å². The Morgan fingerprint density at radius 3 is 2.79 bits per heavy atom. The molecule has 2 aromatic rings. The van der Waals surface area contributed by atoms with Gasteiger partial charge in [-0.05, 0) is 12.8 Å². The molecule has 0 saturated carbocycles. The Labute approximate surface area is 113 Å². The van der Waals surface area contributed by atoms with E-state index < -0.39 is 0 Å². The zero-order valence-electron chi connectivity index (χ0n) is 11.8. The summed E-state index contributed by atoms with van der Waals surface area (Å²) in [6, 6.07) is 0. The van der Waals surface area contributed by atoms with Crippen molar-refractivity contribution in [3.05, 3.63) is 18.1 Å². The maximum atomic E-state index is 6.07. The van der Waals surface area contributed by atoms with Crippen LogP contribution in [0.2, 0.25) is 0 Å². The van der Waals surface area contributed by atoms with Crippen LogP contribution in [-0.2, 0) is 20.0 Å². The topological polar surface area (TPSA) is 70.9 Å². The molecule has 0 spiro atoms. The predicted octanol–water partition coefficient (Wildman–Crippen LogP) is 2.35. The molecule has 6 heteroatoms. The van der Waals surface area contributed by atoms with Gasteiger partial charge in [0, 0.05) is 13.6 Å². The fourth-order valence-corrected chi connectivity index (χ4v) is 1.98. The van der Waals surface area contributed by atoms with Gasteiger partial charge in [-0.25, -0.2) is 4.68 Å². The molecule has 0 amide bonds. The van der Waals surface area contributed by atoms with Crippen molar-refractivity contribution < 1.29 is 4.74 Å². The number of anilines is 1. The van der Waals surface area contributed by atoms with Gasteiger partial charge < -0.3 is 10.5 Å². The first kappa shape index (κ1) is 13.5. The molecule has 2 heterocycles. The lowest BCUT2D eigenvalue weighted by Gasteiger charge is -2.03. The molecule has 6 nitrogen and oxygen atoms in total. The molecule has 2 rings (SSSR count). The zero-order chi connectivity index (χ0) is 13.8. The average Bonchev–Trinajstić information content (AvgIpc) is 2.91. The second kappa shape index (κ2) is 5.77. The number of aromatic nitrogens is 4. The second-order valence-electron chi connectivity index (χ2n) is 4.58. The zero-order valence-corrected chi connectivity index (χ0v) is 11.8. The second-order valence-corrected chi connectivity index (χ2v) is 4.58. The van der Waals surface area contributed by atoms with Crippen molar-refractivity contribution in [3.8, 4) is 11.6 Å². The van der Waals surface area contributed by atoms with Crippen LogP contribution in [0.15, 0.2) is 12.4 Å². The molecule has 19 heavy (non-hydrogen) atoms. The number of hydrogen-bond acceptors (Lipinski definition) is 4. The number of nitrogens with zero attached hydrogens (tertiary/aromatic N) is 4. The van der Waals surface area contributed by atoms with Crippen molar-refractivity contribution in [3.63, 3.8) is 0 Å². The first-order valence-electron chi connectivity index (χ1n) is 6.67. The SMILES string of the molecule is CCCc1nn(C)c(Oc2cnn(CCC)c2)c1N. The lowest BCUT2D eigenvalue weighted by molar-refractivity contribution is 0.431. The quantitative estimate of drug-likeness (QED) is 0.868. The molecule has 0 aliphatic rings. The lowest BCUT2D eigenvalue weighted by atomic mass is 10.2. The van der Waals surface area contributed by atoms with Gasteiger partial charge in [0.25, 0.3) is 0 Å². The molecule has 0 unspecified atom stereocenters. The third-order valence-corrected chi connectivity index (χ3v) is 2.87. The van der Waals surface area contributed by atoms with E-state index in [4.69, 9.17) is 10.5 Å². The summed E-state index contributed by atoms with van der Waals surface area (Å²) in [5.74, 6) is 1.27. The summed E-state index contributed by atoms with van der Waals surface area (Å²) in [5, 5.41) is 8.60. The summed E-state index contributed by atoms with van der Waals surface area (Å²) in [6.45, 7) is 5.09. The van der Waals surface area contributed by atoms with Gasteiger partial charge in [0.15, 0.2) is 5.75 Å². The Hall–Kier alpha value is -1.98. The number of rotatable bonds is 6. The van der Waals surface area contributed by atoms with Crippen molar-refractivity contribution in [1.82, 2.24) is 19.6 Å². The molecule has 0 aromatic carbocycles. The van der Waals surface area contributed by atoms with Crippen LogP contribution in [0.5, 0.6) is 11.6 Å². The van der Waals surface area contributed by atoms with E-state index in [9.17, 15) is 0 Å². The monoisotopic (exact) mass is 263 g/mol. The van der Waals surface area contributed by atoms with Crippen LogP contribution in [-0.4, -0.2) is 19.6 Å². The molecule has 0 radical (unpaired) electrons. The standard InChI is InChI=1S/C13H21N5O/c1-4-6-11-12(14)13(17(3)16-11)19-10-8-15-18(9-10)7-5-2/h8-9H,4-7,14H2,1-3H3. The smallest absolute Gasteiger partial charge is 0.241 e. The van der Waals surface area contributed by atoms with Crippen LogP contribution in [0.25, 0.3) is 0 Å². The molecule has 0 fully saturated rings. The van der Waals surface area contributed by atoms with E-state index >= 15 is 0 Å². The summed E-state index contributed by atoms with van der Waals surface area (Å²) in [7, 11) is 1.83. The highest BCUT2D eigenvalue weighted by atomic mass is 16.5. The van der Waals surface area contributed by atoms with Crippen LogP contribution >= 0.6 is 0 Å². The fourth-order valence-electron chi connectivity index (χ4n) is 1.98. The van der Waals surface area contributed by atoms with Gasteiger partial charge in [-0.1, -0.05) is 20.3 Å². The number of nitrogen functional groups attached to an aromatic ring is 1. The van der Waals surface area contributed by atoms with Crippen LogP contribution < -0.4 is 10.5 Å². The van der Waals surface area contributed by atoms with Gasteiger partial charge in [-0.15, -0.1) is 0 Å². The fraction of sp³-hybridized carbons (Fsp3) is 0.538. The highest BCUT2D eigenvalue weighted by Gasteiger charge is 2.15. The first-order valence-corrected chi connectivity index (χ1v) is 6.67. The van der Waals surface area contributed by atoms with E-state index in [1.54, 1.807) is 10.9 Å². The molecule has 0 aliphatic heterocycles. The molecule has 0 saturated heterocycles. The van der Waals surface area contributed by atoms with E-state index in [1.807, 2.05) is 17.9 Å². The van der Waals surface area contributed by atoms with Crippen molar-refractivity contribution in [2.45, 2.75) is 39.7 Å². The molecule has 2 aromatic heterocycles. The average molecular weight is 263 g/mol. The van der Waals surface area contributed by atoms with E-state index in [-0.39, 0.29) is 0 Å². The molecule has 104 valence electrons. The normalized spacial score (nSPS) is 10.9. The summed E-state index contributed by atoms with van der Waals surface area (Å²) in [5.41, 5.74) is 7.58. The molecule has 0 aliphatic carbocycles. The van der Waals surface area contributed by atoms with Gasteiger partial charge >= 0.3 is 0 Å². The van der Waals surface area contributed by atoms with E-state index in [0.717, 1.165) is 31.5 Å². The minimum Gasteiger partial charge on any atom is -0.434 e. The number of ether oxygens (including phenoxy) is 1. The highest BCUT2D eigenvalue weighted by Crippen LogP contribution is 2.29. The molecular weight excluding hydrogens is 242 g/mol. The molecular formula is C13H21N5O. The third-order valence-electron chi connectivity index (χ3n) is 2.87. The maximum Gasteiger partial charge on any atom is 0.241 e. The van der Waals surface area contributed by atoms with Gasteiger partial charge in [-0.2, -0.15) is 10.2 Å². The third kappa shape index (κ3) is 2.89. The van der Waals surface area contributed by atoms with Gasteiger partial charge in [0.1, 0.15) is 5.69 Å². The van der Waals surface area contributed by atoms with Crippen LogP contribution in [0.3, 0.4) is 0 Å². The molecule has 2 N–H and O–H groups in total. The highest BCUT2D eigenvalue weighted by molar-refractivity contribution is 5.54. The summed E-state index contributed by atoms with van der Waals surface area (Å²) >= 11 is 0. The minimum atomic E-state index is 0.583. The number of aryl methyl sites for hydroxylation is 3. The Bertz CT molecular complexity index is 543. The minimum absolute atomic E-state index is 0.583. The maximum absolute atomic E-state index is 6.07. The van der Waals surface area contributed by atoms with Crippen molar-refractivity contribution in [2.24, 2.45) is 7.05 Å².